The number of carboxylic acid groups (broad SMARTS) is 2. The summed E-state index contributed by atoms with van der Waals surface area (Å²) in [5.74, 6) is 0. The summed E-state index contributed by atoms with van der Waals surface area (Å²) >= 11 is 0. The Morgan fingerprint density at radius 3 is 1.12 bits per heavy atom. The fourth-order valence-corrected chi connectivity index (χ4v) is 0. The minimum Gasteiger partial charge on any atom is -1.00 e. The number of halogens is 1. The van der Waals surface area contributed by atoms with Crippen molar-refractivity contribution in [2.45, 2.75) is 0 Å². The predicted octanol–water partition coefficient (Wildman–Crippen LogP) is -0.176. The monoisotopic (exact) mass is 214 g/mol. The molecular formula is C2H7BrCaO4. The summed E-state index contributed by atoms with van der Waals surface area (Å²) in [5, 5.41) is 13.8. The normalized spacial score (nSPS) is 3.00. The summed E-state index contributed by atoms with van der Waals surface area (Å²) in [6, 6.07) is 0. The first-order valence-electron chi connectivity index (χ1n) is 0.988. The van der Waals surface area contributed by atoms with Gasteiger partial charge in [0.2, 0.25) is 0 Å². The van der Waals surface area contributed by atoms with Crippen LogP contribution in [0.4, 0.5) is 0 Å². The second-order valence-corrected chi connectivity index (χ2v) is 0.211. The Hall–Kier alpha value is 0.680. The van der Waals surface area contributed by atoms with Crippen LogP contribution >= 0.6 is 17.0 Å². The van der Waals surface area contributed by atoms with Crippen molar-refractivity contribution in [1.29, 1.82) is 0 Å². The van der Waals surface area contributed by atoms with Gasteiger partial charge in [-0.25, -0.2) is 0 Å². The Balaban J connectivity index is -0.00000000571. The zero-order chi connectivity index (χ0) is 5.41. The zero-order valence-electron chi connectivity index (χ0n) is 5.98. The second-order valence-electron chi connectivity index (χ2n) is 0.211. The molecule has 0 aromatic heterocycles. The molecule has 0 radical (unpaired) electrons. The largest absolute Gasteiger partial charge is 2.00 e. The molecule has 0 heterocycles. The maximum atomic E-state index is 8.36. The molecule has 0 aliphatic rings. The van der Waals surface area contributed by atoms with E-state index < -0.39 is 0 Å². The van der Waals surface area contributed by atoms with Crippen LogP contribution in [0.25, 0.3) is 0 Å². The van der Waals surface area contributed by atoms with Crippen LogP contribution in [0.2, 0.25) is 0 Å². The predicted molar refractivity (Wildman–Crippen MR) is 35.7 cm³/mol. The molecule has 0 atom stereocenters. The first kappa shape index (κ1) is 23.4. The third-order valence-corrected chi connectivity index (χ3v) is 0. The molecule has 0 amide bonds. The van der Waals surface area contributed by atoms with Crippen molar-refractivity contribution in [3.63, 3.8) is 0 Å². The van der Waals surface area contributed by atoms with Gasteiger partial charge in [0.05, 0.1) is 0 Å². The minimum absolute atomic E-state index is 0. The molecule has 0 aliphatic heterocycles. The van der Waals surface area contributed by atoms with Crippen molar-refractivity contribution >= 4 is 67.7 Å². The molecule has 0 saturated heterocycles. The van der Waals surface area contributed by atoms with Gasteiger partial charge in [-0.2, -0.15) is 0 Å². The zero-order valence-corrected chi connectivity index (χ0v) is 7.90. The molecule has 0 bridgehead atoms. The van der Waals surface area contributed by atoms with Crippen molar-refractivity contribution < 1.29 is 22.7 Å². The Morgan fingerprint density at radius 1 is 1.12 bits per heavy atom. The molecule has 0 spiro atoms. The first-order valence-corrected chi connectivity index (χ1v) is 0.988. The summed E-state index contributed by atoms with van der Waals surface area (Å²) in [4.78, 5) is 16.7. The SMILES string of the molecule is Br.O=CO.O=CO.[Ca+2].[H-].[H-]. The summed E-state index contributed by atoms with van der Waals surface area (Å²) in [6.07, 6.45) is 0. The van der Waals surface area contributed by atoms with Crippen LogP contribution in [0.15, 0.2) is 0 Å². The van der Waals surface area contributed by atoms with Crippen LogP contribution in [0.1, 0.15) is 2.85 Å². The second kappa shape index (κ2) is 47.7. The van der Waals surface area contributed by atoms with Crippen molar-refractivity contribution in [2.75, 3.05) is 0 Å². The molecular weight excluding hydrogens is 208 g/mol. The Morgan fingerprint density at radius 2 is 1.12 bits per heavy atom. The smallest absolute Gasteiger partial charge is 1.00 e. The van der Waals surface area contributed by atoms with E-state index in [2.05, 4.69) is 0 Å². The van der Waals surface area contributed by atoms with Gasteiger partial charge in [0.15, 0.2) is 0 Å². The van der Waals surface area contributed by atoms with Crippen LogP contribution in [0.5, 0.6) is 0 Å². The Labute approximate surface area is 89.6 Å². The van der Waals surface area contributed by atoms with E-state index in [1.54, 1.807) is 0 Å². The van der Waals surface area contributed by atoms with E-state index in [-0.39, 0.29) is 70.5 Å². The van der Waals surface area contributed by atoms with E-state index in [0.717, 1.165) is 0 Å². The topological polar surface area (TPSA) is 74.6 Å². The average molecular weight is 215 g/mol. The van der Waals surface area contributed by atoms with Gasteiger partial charge in [-0.15, -0.1) is 17.0 Å². The average Bonchev–Trinajstić information content (AvgIpc) is 1.39. The molecule has 2 N–H and O–H groups in total. The molecule has 8 heavy (non-hydrogen) atoms. The minimum atomic E-state index is -0.250. The van der Waals surface area contributed by atoms with Crippen LogP contribution < -0.4 is 0 Å². The van der Waals surface area contributed by atoms with Gasteiger partial charge in [-0.05, 0) is 0 Å². The standard InChI is InChI=1S/2CH2O2.BrH.Ca.2H/c2*2-1-3;;;;/h2*1H,(H,2,3);1H;;;/q;;;+2;2*-1. The molecule has 0 rings (SSSR count). The molecule has 0 saturated carbocycles. The molecule has 4 nitrogen and oxygen atoms in total. The van der Waals surface area contributed by atoms with Gasteiger partial charge < -0.3 is 13.1 Å². The summed E-state index contributed by atoms with van der Waals surface area (Å²) < 4.78 is 0. The van der Waals surface area contributed by atoms with Crippen molar-refractivity contribution in [3.8, 4) is 0 Å². The third-order valence-electron chi connectivity index (χ3n) is 0. The van der Waals surface area contributed by atoms with E-state index in [4.69, 9.17) is 19.8 Å². The van der Waals surface area contributed by atoms with Gasteiger partial charge in [-0.3, -0.25) is 9.59 Å². The summed E-state index contributed by atoms with van der Waals surface area (Å²) in [5.41, 5.74) is 0. The fraction of sp³-hybridized carbons (Fsp3) is 0. The van der Waals surface area contributed by atoms with Gasteiger partial charge in [-0.1, -0.05) is 0 Å². The fourth-order valence-electron chi connectivity index (χ4n) is 0. The maximum Gasteiger partial charge on any atom is 2.00 e. The van der Waals surface area contributed by atoms with Gasteiger partial charge in [0.1, 0.15) is 0 Å². The van der Waals surface area contributed by atoms with Crippen molar-refractivity contribution in [1.82, 2.24) is 0 Å². The molecule has 0 unspecified atom stereocenters. The molecule has 0 fully saturated rings. The van der Waals surface area contributed by atoms with Gasteiger partial charge in [0.25, 0.3) is 12.9 Å². The number of hydrogen-bond acceptors (Lipinski definition) is 2. The molecule has 0 aromatic carbocycles. The van der Waals surface area contributed by atoms with E-state index in [0.29, 0.717) is 0 Å². The van der Waals surface area contributed by atoms with Crippen LogP contribution in [-0.2, 0) is 9.59 Å². The van der Waals surface area contributed by atoms with E-state index in [1.165, 1.54) is 0 Å². The number of hydrogen-bond donors (Lipinski definition) is 2. The van der Waals surface area contributed by atoms with Crippen molar-refractivity contribution in [3.05, 3.63) is 0 Å². The molecule has 6 heteroatoms. The van der Waals surface area contributed by atoms with E-state index >= 15 is 0 Å². The van der Waals surface area contributed by atoms with Gasteiger partial charge in [0, 0.05) is 0 Å². The Bertz CT molecular complexity index is 42.2. The van der Waals surface area contributed by atoms with Crippen molar-refractivity contribution in [2.24, 2.45) is 0 Å². The van der Waals surface area contributed by atoms with Crippen LogP contribution in [0.3, 0.4) is 0 Å². The number of carbonyl (C=O) groups is 2. The summed E-state index contributed by atoms with van der Waals surface area (Å²) in [7, 11) is 0. The Kier molecular flexibility index (Phi) is 139. The van der Waals surface area contributed by atoms with Gasteiger partial charge >= 0.3 is 37.7 Å². The number of rotatable bonds is 0. The van der Waals surface area contributed by atoms with Crippen LogP contribution in [-0.4, -0.2) is 60.9 Å². The van der Waals surface area contributed by atoms with Crippen LogP contribution in [0, 0.1) is 0 Å². The molecule has 48 valence electrons. The molecule has 0 aliphatic carbocycles. The maximum absolute atomic E-state index is 8.36. The third kappa shape index (κ3) is 466. The van der Waals surface area contributed by atoms with E-state index in [1.807, 2.05) is 0 Å². The quantitative estimate of drug-likeness (QED) is 0.434. The summed E-state index contributed by atoms with van der Waals surface area (Å²) in [6.45, 7) is -0.500. The molecule has 0 aromatic rings. The van der Waals surface area contributed by atoms with E-state index in [9.17, 15) is 0 Å². The first-order chi connectivity index (χ1) is 2.83.